The molecule has 0 radical (unpaired) electrons. The summed E-state index contributed by atoms with van der Waals surface area (Å²) in [5.41, 5.74) is 2.52. The van der Waals surface area contributed by atoms with Gasteiger partial charge in [-0.05, 0) is 24.2 Å². The minimum atomic E-state index is 0. The maximum atomic E-state index is 6.48. The van der Waals surface area contributed by atoms with E-state index in [1.54, 1.807) is 0 Å². The van der Waals surface area contributed by atoms with Crippen LogP contribution in [0.15, 0.2) is 54.6 Å². The average molecular weight is 374 g/mol. The molecule has 5 heteroatoms. The topological polar surface area (TPSA) is 6.48 Å². The maximum absolute atomic E-state index is 6.48. The van der Waals surface area contributed by atoms with Crippen LogP contribution in [0.5, 0.6) is 0 Å². The van der Waals surface area contributed by atoms with Gasteiger partial charge in [-0.15, -0.1) is 24.8 Å². The van der Waals surface area contributed by atoms with Crippen molar-refractivity contribution in [3.8, 4) is 0 Å². The molecule has 0 bridgehead atoms. The number of nitrogens with zero attached hydrogens (tertiary/aromatic N) is 2. The summed E-state index contributed by atoms with van der Waals surface area (Å²) in [4.78, 5) is 4.92. The first-order valence-electron chi connectivity index (χ1n) is 7.47. The Bertz CT molecular complexity index is 584. The predicted octanol–water partition coefficient (Wildman–Crippen LogP) is 4.52. The molecule has 23 heavy (non-hydrogen) atoms. The van der Waals surface area contributed by atoms with E-state index in [1.807, 2.05) is 12.1 Å². The third kappa shape index (κ3) is 4.85. The Hall–Kier alpha value is -0.770. The molecule has 1 unspecified atom stereocenters. The quantitative estimate of drug-likeness (QED) is 0.780. The predicted molar refractivity (Wildman–Crippen MR) is 103 cm³/mol. The molecule has 0 amide bonds. The molecular weight excluding hydrogens is 351 g/mol. The van der Waals surface area contributed by atoms with Gasteiger partial charge in [0.1, 0.15) is 0 Å². The lowest BCUT2D eigenvalue weighted by atomic mass is 9.96. The molecule has 2 aromatic rings. The molecule has 1 atom stereocenters. The van der Waals surface area contributed by atoms with Crippen LogP contribution in [0.3, 0.4) is 0 Å². The molecule has 0 aliphatic carbocycles. The average Bonchev–Trinajstić information content (AvgIpc) is 2.52. The fourth-order valence-corrected chi connectivity index (χ4v) is 3.24. The fourth-order valence-electron chi connectivity index (χ4n) is 3.00. The molecule has 1 aliphatic heterocycles. The van der Waals surface area contributed by atoms with Gasteiger partial charge >= 0.3 is 0 Å². The van der Waals surface area contributed by atoms with E-state index < -0.39 is 0 Å². The van der Waals surface area contributed by atoms with E-state index in [1.165, 1.54) is 11.1 Å². The molecule has 0 N–H and O–H groups in total. The van der Waals surface area contributed by atoms with E-state index in [-0.39, 0.29) is 30.9 Å². The minimum Gasteiger partial charge on any atom is -0.304 e. The molecule has 1 fully saturated rings. The van der Waals surface area contributed by atoms with E-state index >= 15 is 0 Å². The number of hydrogen-bond acceptors (Lipinski definition) is 2. The van der Waals surface area contributed by atoms with Crippen LogP contribution < -0.4 is 0 Å². The van der Waals surface area contributed by atoms with Crippen molar-refractivity contribution in [1.82, 2.24) is 9.80 Å². The molecule has 0 saturated carbocycles. The molecule has 2 aromatic carbocycles. The van der Waals surface area contributed by atoms with E-state index in [0.29, 0.717) is 0 Å². The van der Waals surface area contributed by atoms with Gasteiger partial charge in [0.25, 0.3) is 0 Å². The van der Waals surface area contributed by atoms with Crippen molar-refractivity contribution in [3.05, 3.63) is 70.7 Å². The van der Waals surface area contributed by atoms with Crippen LogP contribution in [0.2, 0.25) is 5.02 Å². The molecular formula is C18H23Cl3N2. The lowest BCUT2D eigenvalue weighted by Gasteiger charge is -2.38. The van der Waals surface area contributed by atoms with Crippen molar-refractivity contribution in [1.29, 1.82) is 0 Å². The highest BCUT2D eigenvalue weighted by Gasteiger charge is 2.26. The largest absolute Gasteiger partial charge is 0.304 e. The van der Waals surface area contributed by atoms with Crippen LogP contribution in [0.4, 0.5) is 0 Å². The number of rotatable bonds is 3. The van der Waals surface area contributed by atoms with Crippen molar-refractivity contribution < 1.29 is 0 Å². The Morgan fingerprint density at radius 3 is 2.00 bits per heavy atom. The number of hydrogen-bond donors (Lipinski definition) is 0. The molecule has 1 saturated heterocycles. The Morgan fingerprint density at radius 1 is 0.826 bits per heavy atom. The van der Waals surface area contributed by atoms with Crippen molar-refractivity contribution in [3.63, 3.8) is 0 Å². The van der Waals surface area contributed by atoms with Crippen molar-refractivity contribution in [2.75, 3.05) is 33.2 Å². The third-order valence-corrected chi connectivity index (χ3v) is 4.56. The fraction of sp³-hybridized carbons (Fsp3) is 0.333. The maximum Gasteiger partial charge on any atom is 0.0617 e. The molecule has 126 valence electrons. The van der Waals surface area contributed by atoms with Crippen LogP contribution in [-0.2, 0) is 0 Å². The van der Waals surface area contributed by atoms with Crippen LogP contribution in [0.25, 0.3) is 0 Å². The van der Waals surface area contributed by atoms with Crippen LogP contribution in [0, 0.1) is 0 Å². The molecule has 0 aromatic heterocycles. The summed E-state index contributed by atoms with van der Waals surface area (Å²) < 4.78 is 0. The number of likely N-dealkylation sites (N-methyl/N-ethyl adjacent to an activating group) is 1. The Kier molecular flexibility index (Phi) is 8.38. The Labute approximate surface area is 156 Å². The van der Waals surface area contributed by atoms with Gasteiger partial charge in [0.05, 0.1) is 6.04 Å². The number of benzene rings is 2. The first-order chi connectivity index (χ1) is 10.3. The summed E-state index contributed by atoms with van der Waals surface area (Å²) in [6, 6.07) is 19.1. The van der Waals surface area contributed by atoms with Gasteiger partial charge in [-0.25, -0.2) is 0 Å². The van der Waals surface area contributed by atoms with Crippen molar-refractivity contribution in [2.24, 2.45) is 0 Å². The third-order valence-electron chi connectivity index (χ3n) is 4.22. The molecule has 1 heterocycles. The summed E-state index contributed by atoms with van der Waals surface area (Å²) in [6.45, 7) is 4.35. The van der Waals surface area contributed by atoms with Gasteiger partial charge in [0.15, 0.2) is 0 Å². The van der Waals surface area contributed by atoms with E-state index in [4.69, 9.17) is 11.6 Å². The second-order valence-electron chi connectivity index (χ2n) is 5.67. The lowest BCUT2D eigenvalue weighted by molar-refractivity contribution is 0.127. The number of halogens is 3. The van der Waals surface area contributed by atoms with Gasteiger partial charge in [0, 0.05) is 31.2 Å². The van der Waals surface area contributed by atoms with Crippen molar-refractivity contribution >= 4 is 36.4 Å². The van der Waals surface area contributed by atoms with Gasteiger partial charge in [0.2, 0.25) is 0 Å². The molecule has 2 nitrogen and oxygen atoms in total. The minimum absolute atomic E-state index is 0. The van der Waals surface area contributed by atoms with Gasteiger partial charge < -0.3 is 4.90 Å². The smallest absolute Gasteiger partial charge is 0.0617 e. The molecule has 1 aliphatic rings. The van der Waals surface area contributed by atoms with E-state index in [9.17, 15) is 0 Å². The lowest BCUT2D eigenvalue weighted by Crippen LogP contribution is -2.46. The Morgan fingerprint density at radius 2 is 1.39 bits per heavy atom. The molecule has 3 rings (SSSR count). The highest BCUT2D eigenvalue weighted by atomic mass is 35.5. The van der Waals surface area contributed by atoms with Crippen LogP contribution in [0.1, 0.15) is 17.2 Å². The van der Waals surface area contributed by atoms with E-state index in [2.05, 4.69) is 59.3 Å². The second-order valence-corrected chi connectivity index (χ2v) is 6.08. The van der Waals surface area contributed by atoms with Crippen LogP contribution in [-0.4, -0.2) is 43.0 Å². The Balaban J connectivity index is 0.00000132. The van der Waals surface area contributed by atoms with Crippen molar-refractivity contribution in [2.45, 2.75) is 6.04 Å². The summed E-state index contributed by atoms with van der Waals surface area (Å²) >= 11 is 6.48. The first kappa shape index (κ1) is 20.3. The standard InChI is InChI=1S/C18H21ClN2.2ClH/c1-20-11-13-21(14-12-20)18(15-7-3-2-4-8-15)16-9-5-6-10-17(16)19;;/h2-10,18H,11-14H2,1H3;2*1H. The highest BCUT2D eigenvalue weighted by Crippen LogP contribution is 2.33. The summed E-state index contributed by atoms with van der Waals surface area (Å²) in [5.74, 6) is 0. The summed E-state index contributed by atoms with van der Waals surface area (Å²) in [7, 11) is 2.18. The normalized spacial score (nSPS) is 17.0. The van der Waals surface area contributed by atoms with Gasteiger partial charge in [-0.3, -0.25) is 4.90 Å². The zero-order valence-corrected chi connectivity index (χ0v) is 15.6. The first-order valence-corrected chi connectivity index (χ1v) is 7.85. The zero-order valence-electron chi connectivity index (χ0n) is 13.2. The molecule has 0 spiro atoms. The zero-order chi connectivity index (χ0) is 14.7. The van der Waals surface area contributed by atoms with Crippen LogP contribution >= 0.6 is 36.4 Å². The van der Waals surface area contributed by atoms with E-state index in [0.717, 1.165) is 31.2 Å². The van der Waals surface area contributed by atoms with Gasteiger partial charge in [-0.2, -0.15) is 0 Å². The van der Waals surface area contributed by atoms with Gasteiger partial charge in [-0.1, -0.05) is 60.1 Å². The monoisotopic (exact) mass is 372 g/mol. The highest BCUT2D eigenvalue weighted by molar-refractivity contribution is 6.31. The summed E-state index contributed by atoms with van der Waals surface area (Å²) in [5, 5.41) is 0.852. The SMILES string of the molecule is CN1CCN(C(c2ccccc2)c2ccccc2Cl)CC1.Cl.Cl. The second kappa shape index (κ2) is 9.51. The summed E-state index contributed by atoms with van der Waals surface area (Å²) in [6.07, 6.45) is 0. The number of piperazine rings is 1.